The number of nitrogens with one attached hydrogen (secondary N) is 1. The number of amides is 2. The van der Waals surface area contributed by atoms with Crippen LogP contribution in [-0.2, 0) is 4.74 Å². The second-order valence-electron chi connectivity index (χ2n) is 10.1. The van der Waals surface area contributed by atoms with Crippen LogP contribution in [0.3, 0.4) is 0 Å². The Hall–Kier alpha value is -2.90. The van der Waals surface area contributed by atoms with Crippen LogP contribution in [0, 0.1) is 12.8 Å². The number of hydrogen-bond acceptors (Lipinski definition) is 5. The fourth-order valence-electron chi connectivity index (χ4n) is 5.23. The van der Waals surface area contributed by atoms with Gasteiger partial charge in [-0.15, -0.1) is 0 Å². The number of pyridine rings is 1. The summed E-state index contributed by atoms with van der Waals surface area (Å²) in [4.78, 5) is 24.5. The summed E-state index contributed by atoms with van der Waals surface area (Å²) in [5.41, 5.74) is 6.57. The molecule has 0 aliphatic carbocycles. The van der Waals surface area contributed by atoms with E-state index < -0.39 is 0 Å². The molecule has 7 nitrogen and oxygen atoms in total. The van der Waals surface area contributed by atoms with Crippen molar-refractivity contribution in [2.45, 2.75) is 26.7 Å². The lowest BCUT2D eigenvalue weighted by Crippen LogP contribution is -2.36. The molecule has 1 aromatic heterocycles. The zero-order valence-corrected chi connectivity index (χ0v) is 21.2. The Labute approximate surface area is 208 Å². The van der Waals surface area contributed by atoms with E-state index in [1.807, 2.05) is 11.0 Å². The molecule has 186 valence electrons. The summed E-state index contributed by atoms with van der Waals surface area (Å²) in [5, 5.41) is 3.15. The quantitative estimate of drug-likeness (QED) is 0.691. The van der Waals surface area contributed by atoms with Gasteiger partial charge in [0.1, 0.15) is 5.82 Å². The Morgan fingerprint density at radius 3 is 2.71 bits per heavy atom. The number of nitrogens with zero attached hydrogens (tertiary/aromatic N) is 4. The number of morpholine rings is 1. The van der Waals surface area contributed by atoms with Crippen molar-refractivity contribution in [2.75, 3.05) is 69.7 Å². The monoisotopic (exact) mass is 475 g/mol. The number of urea groups is 1. The summed E-state index contributed by atoms with van der Waals surface area (Å²) >= 11 is 0. The Morgan fingerprint density at radius 1 is 1.17 bits per heavy atom. The molecule has 7 heteroatoms. The minimum atomic E-state index is -0.000625. The average molecular weight is 476 g/mol. The summed E-state index contributed by atoms with van der Waals surface area (Å²) in [6.45, 7) is 11.0. The Kier molecular flexibility index (Phi) is 7.07. The number of likely N-dealkylation sites (tertiary alicyclic amines) is 1. The van der Waals surface area contributed by atoms with E-state index in [9.17, 15) is 4.79 Å². The lowest BCUT2D eigenvalue weighted by molar-refractivity contribution is 0.122. The van der Waals surface area contributed by atoms with Crippen LogP contribution in [0.4, 0.5) is 16.3 Å². The van der Waals surface area contributed by atoms with E-state index in [0.717, 1.165) is 93.7 Å². The molecule has 1 N–H and O–H groups in total. The van der Waals surface area contributed by atoms with E-state index in [2.05, 4.69) is 66.4 Å². The van der Waals surface area contributed by atoms with Gasteiger partial charge in [-0.3, -0.25) is 4.90 Å². The van der Waals surface area contributed by atoms with Gasteiger partial charge in [0.05, 0.1) is 18.9 Å². The summed E-state index contributed by atoms with van der Waals surface area (Å²) in [6, 6.07) is 10.6. The van der Waals surface area contributed by atoms with E-state index in [4.69, 9.17) is 9.72 Å². The number of rotatable bonds is 5. The van der Waals surface area contributed by atoms with Gasteiger partial charge >= 0.3 is 6.03 Å². The zero-order valence-electron chi connectivity index (χ0n) is 21.2. The molecule has 35 heavy (non-hydrogen) atoms. The van der Waals surface area contributed by atoms with Gasteiger partial charge in [-0.1, -0.05) is 25.5 Å². The normalized spacial score (nSPS) is 20.9. The van der Waals surface area contributed by atoms with Crippen LogP contribution < -0.4 is 10.2 Å². The Morgan fingerprint density at radius 2 is 2.00 bits per heavy atom. The van der Waals surface area contributed by atoms with Gasteiger partial charge < -0.3 is 19.9 Å². The van der Waals surface area contributed by atoms with E-state index >= 15 is 0 Å². The van der Waals surface area contributed by atoms with Crippen LogP contribution in [0.5, 0.6) is 0 Å². The smallest absolute Gasteiger partial charge is 0.321 e. The van der Waals surface area contributed by atoms with Crippen molar-refractivity contribution in [1.29, 1.82) is 0 Å². The molecule has 0 bridgehead atoms. The van der Waals surface area contributed by atoms with E-state index in [0.29, 0.717) is 5.92 Å². The van der Waals surface area contributed by atoms with E-state index in [1.165, 1.54) is 11.1 Å². The Bertz CT molecular complexity index is 1110. The number of likely N-dealkylation sites (N-methyl/N-ethyl adjacent to an activating group) is 1. The maximum atomic E-state index is 12.9. The highest BCUT2D eigenvalue weighted by atomic mass is 16.5. The third-order valence-electron chi connectivity index (χ3n) is 7.52. The molecule has 0 unspecified atom stereocenters. The summed E-state index contributed by atoms with van der Waals surface area (Å²) in [7, 11) is 2.13. The van der Waals surface area contributed by atoms with Crippen molar-refractivity contribution in [3.63, 3.8) is 0 Å². The molecule has 0 radical (unpaired) electrons. The molecule has 0 saturated carbocycles. The zero-order chi connectivity index (χ0) is 24.4. The highest BCUT2D eigenvalue weighted by molar-refractivity contribution is 5.91. The summed E-state index contributed by atoms with van der Waals surface area (Å²) in [5.74, 6) is 1.61. The number of hydrogen-bond donors (Lipinski definition) is 1. The molecule has 4 heterocycles. The standard InChI is InChI=1S/C28H37N5O2/c1-4-21-7-10-33(18-21)28(34)29-24-6-5-20(2)25(17-24)23-15-26(22-8-9-31(3)19-22)30-27(16-23)32-11-13-35-14-12-32/h5-6,8,15-17,21H,4,7,9-14,18-19H2,1-3H3,(H,29,34)/t21-/m1/s1. The molecule has 1 atom stereocenters. The summed E-state index contributed by atoms with van der Waals surface area (Å²) < 4.78 is 5.58. The van der Waals surface area contributed by atoms with Crippen LogP contribution in [0.15, 0.2) is 36.4 Å². The third kappa shape index (κ3) is 5.36. The number of benzene rings is 1. The first-order chi connectivity index (χ1) is 17.0. The first-order valence-corrected chi connectivity index (χ1v) is 12.9. The molecule has 5 rings (SSSR count). The number of carbonyl (C=O) groups excluding carboxylic acids is 1. The fourth-order valence-corrected chi connectivity index (χ4v) is 5.23. The lowest BCUT2D eigenvalue weighted by Gasteiger charge is -2.29. The van der Waals surface area contributed by atoms with Crippen LogP contribution in [0.1, 0.15) is 31.0 Å². The predicted molar refractivity (Wildman–Crippen MR) is 142 cm³/mol. The molecule has 3 aliphatic rings. The van der Waals surface area contributed by atoms with Gasteiger partial charge in [-0.25, -0.2) is 9.78 Å². The first-order valence-electron chi connectivity index (χ1n) is 12.9. The second kappa shape index (κ2) is 10.4. The molecule has 2 saturated heterocycles. The molecule has 2 aromatic rings. The molecule has 3 aliphatic heterocycles. The van der Waals surface area contributed by atoms with Gasteiger partial charge in [0, 0.05) is 45.0 Å². The molecular weight excluding hydrogens is 438 g/mol. The van der Waals surface area contributed by atoms with Crippen LogP contribution >= 0.6 is 0 Å². The lowest BCUT2D eigenvalue weighted by atomic mass is 9.98. The number of anilines is 2. The Balaban J connectivity index is 1.45. The van der Waals surface area contributed by atoms with Crippen molar-refractivity contribution >= 4 is 23.1 Å². The van der Waals surface area contributed by atoms with Crippen LogP contribution in [0.2, 0.25) is 0 Å². The van der Waals surface area contributed by atoms with Gasteiger partial charge in [0.2, 0.25) is 0 Å². The molecular formula is C28H37N5O2. The summed E-state index contributed by atoms with van der Waals surface area (Å²) in [6.07, 6.45) is 4.50. The van der Waals surface area contributed by atoms with Crippen molar-refractivity contribution in [1.82, 2.24) is 14.8 Å². The number of aromatic nitrogens is 1. The van der Waals surface area contributed by atoms with Gasteiger partial charge in [0.25, 0.3) is 0 Å². The maximum Gasteiger partial charge on any atom is 0.321 e. The number of aryl methyl sites for hydroxylation is 1. The SMILES string of the molecule is CC[C@@H]1CCN(C(=O)Nc2ccc(C)c(-c3cc(C4=CCN(C)C4)nc(N4CCOCC4)c3)c2)C1. The topological polar surface area (TPSA) is 60.9 Å². The minimum Gasteiger partial charge on any atom is -0.378 e. The molecule has 2 fully saturated rings. The maximum absolute atomic E-state index is 12.9. The number of ether oxygens (including phenoxy) is 1. The largest absolute Gasteiger partial charge is 0.378 e. The van der Waals surface area contributed by atoms with Crippen LogP contribution in [-0.4, -0.2) is 80.3 Å². The average Bonchev–Trinajstić information content (AvgIpc) is 3.55. The molecule has 1 aromatic carbocycles. The molecule has 2 amide bonds. The van der Waals surface area contributed by atoms with Gasteiger partial charge in [-0.2, -0.15) is 0 Å². The van der Waals surface area contributed by atoms with Gasteiger partial charge in [-0.05, 0) is 72.8 Å². The second-order valence-corrected chi connectivity index (χ2v) is 10.1. The van der Waals surface area contributed by atoms with Crippen molar-refractivity contribution in [3.8, 4) is 11.1 Å². The van der Waals surface area contributed by atoms with E-state index in [-0.39, 0.29) is 6.03 Å². The van der Waals surface area contributed by atoms with Crippen LogP contribution in [0.25, 0.3) is 16.7 Å². The first kappa shape index (κ1) is 23.8. The highest BCUT2D eigenvalue weighted by Gasteiger charge is 2.25. The van der Waals surface area contributed by atoms with Crippen molar-refractivity contribution in [2.24, 2.45) is 5.92 Å². The third-order valence-corrected chi connectivity index (χ3v) is 7.52. The number of carbonyl (C=O) groups is 1. The van der Waals surface area contributed by atoms with Crippen molar-refractivity contribution < 1.29 is 9.53 Å². The highest BCUT2D eigenvalue weighted by Crippen LogP contribution is 2.33. The van der Waals surface area contributed by atoms with Gasteiger partial charge in [0.15, 0.2) is 0 Å². The fraction of sp³-hybridized carbons (Fsp3) is 0.500. The predicted octanol–water partition coefficient (Wildman–Crippen LogP) is 4.49. The van der Waals surface area contributed by atoms with Crippen molar-refractivity contribution in [3.05, 3.63) is 47.7 Å². The molecule has 0 spiro atoms. The van der Waals surface area contributed by atoms with E-state index in [1.54, 1.807) is 0 Å². The minimum absolute atomic E-state index is 0.000625.